The zero-order valence-electron chi connectivity index (χ0n) is 11.4. The summed E-state index contributed by atoms with van der Waals surface area (Å²) >= 11 is 3.30. The Bertz CT molecular complexity index is 543. The Morgan fingerprint density at radius 3 is 2.90 bits per heavy atom. The van der Waals surface area contributed by atoms with Crippen molar-refractivity contribution < 1.29 is 0 Å². The summed E-state index contributed by atoms with van der Waals surface area (Å²) in [7, 11) is 0. The van der Waals surface area contributed by atoms with E-state index in [2.05, 4.69) is 37.2 Å². The Morgan fingerprint density at radius 1 is 1.45 bits per heavy atom. The molecule has 0 spiro atoms. The van der Waals surface area contributed by atoms with E-state index in [0.29, 0.717) is 4.47 Å². The van der Waals surface area contributed by atoms with E-state index in [0.717, 1.165) is 25.2 Å². The predicted octanol–water partition coefficient (Wildman–Crippen LogP) is 1.54. The smallest absolute Gasteiger partial charge is 0.284 e. The van der Waals surface area contributed by atoms with E-state index < -0.39 is 0 Å². The number of aromatic nitrogens is 2. The van der Waals surface area contributed by atoms with Crippen LogP contribution in [0.3, 0.4) is 0 Å². The topological polar surface area (TPSA) is 50.2 Å². The fourth-order valence-corrected chi connectivity index (χ4v) is 2.77. The summed E-state index contributed by atoms with van der Waals surface area (Å²) in [6, 6.07) is 0. The van der Waals surface area contributed by atoms with Crippen LogP contribution >= 0.6 is 15.9 Å². The maximum Gasteiger partial charge on any atom is 0.284 e. The molecule has 0 radical (unpaired) electrons. The molecule has 1 N–H and O–H groups in total. The largest absolute Gasteiger partial charge is 0.383 e. The van der Waals surface area contributed by atoms with Crippen LogP contribution in [0.2, 0.25) is 0 Å². The van der Waals surface area contributed by atoms with E-state index in [-0.39, 0.29) is 12.1 Å². The molecule has 1 aliphatic heterocycles. The van der Waals surface area contributed by atoms with Crippen molar-refractivity contribution in [3.05, 3.63) is 21.0 Å². The van der Waals surface area contributed by atoms with Crippen LogP contribution in [-0.2, 0) is 6.54 Å². The minimum Gasteiger partial charge on any atom is -0.383 e. The van der Waals surface area contributed by atoms with Gasteiger partial charge in [0.05, 0.1) is 11.9 Å². The first-order valence-corrected chi connectivity index (χ1v) is 7.67. The summed E-state index contributed by atoms with van der Waals surface area (Å²) in [5, 5.41) is 7.29. The summed E-state index contributed by atoms with van der Waals surface area (Å²) in [4.78, 5) is 14.4. The zero-order valence-corrected chi connectivity index (χ0v) is 13.0. The van der Waals surface area contributed by atoms with Gasteiger partial charge >= 0.3 is 0 Å². The van der Waals surface area contributed by atoms with E-state index in [4.69, 9.17) is 6.42 Å². The predicted molar refractivity (Wildman–Crippen MR) is 83.8 cm³/mol. The maximum absolute atomic E-state index is 11.9. The molecule has 0 aliphatic carbocycles. The Balaban J connectivity index is 1.85. The van der Waals surface area contributed by atoms with Crippen molar-refractivity contribution in [1.82, 2.24) is 14.7 Å². The van der Waals surface area contributed by atoms with Gasteiger partial charge in [-0.3, -0.25) is 4.79 Å². The Labute approximate surface area is 127 Å². The van der Waals surface area contributed by atoms with E-state index in [1.807, 2.05) is 0 Å². The molecule has 20 heavy (non-hydrogen) atoms. The number of likely N-dealkylation sites (tertiary alicyclic amines) is 1. The van der Waals surface area contributed by atoms with E-state index in [9.17, 15) is 4.79 Å². The van der Waals surface area contributed by atoms with Crippen LogP contribution in [0.4, 0.5) is 5.69 Å². The van der Waals surface area contributed by atoms with Gasteiger partial charge in [-0.1, -0.05) is 5.92 Å². The van der Waals surface area contributed by atoms with Gasteiger partial charge in [0.2, 0.25) is 0 Å². The molecule has 0 amide bonds. The van der Waals surface area contributed by atoms with E-state index >= 15 is 0 Å². The second kappa shape index (κ2) is 7.46. The lowest BCUT2D eigenvalue weighted by Gasteiger charge is -2.15. The standard InChI is InChI=1S/C14H19BrN4O/c1-2-7-19-14(20)13(15)12(11-17-19)16-6-5-10-18-8-3-4-9-18/h1,11,16H,3-10H2. The van der Waals surface area contributed by atoms with Gasteiger partial charge in [0.1, 0.15) is 11.0 Å². The third kappa shape index (κ3) is 3.84. The average Bonchev–Trinajstić information content (AvgIpc) is 2.95. The second-order valence-corrected chi connectivity index (χ2v) is 5.66. The summed E-state index contributed by atoms with van der Waals surface area (Å²) in [6.45, 7) is 4.55. The van der Waals surface area contributed by atoms with Crippen LogP contribution in [0.1, 0.15) is 19.3 Å². The van der Waals surface area contributed by atoms with Gasteiger partial charge in [0, 0.05) is 6.54 Å². The van der Waals surface area contributed by atoms with Gasteiger partial charge in [-0.25, -0.2) is 4.68 Å². The number of halogens is 1. The van der Waals surface area contributed by atoms with Crippen molar-refractivity contribution in [2.75, 3.05) is 31.5 Å². The molecule has 108 valence electrons. The molecule has 0 aromatic carbocycles. The molecule has 1 fully saturated rings. The molecule has 6 heteroatoms. The lowest BCUT2D eigenvalue weighted by Crippen LogP contribution is -2.25. The summed E-state index contributed by atoms with van der Waals surface area (Å²) in [5.74, 6) is 2.41. The van der Waals surface area contributed by atoms with Crippen LogP contribution in [0, 0.1) is 12.3 Å². The highest BCUT2D eigenvalue weighted by Gasteiger charge is 2.11. The number of terminal acetylenes is 1. The SMILES string of the molecule is C#CCn1ncc(NCCCN2CCCC2)c(Br)c1=O. The van der Waals surface area contributed by atoms with Crippen molar-refractivity contribution in [2.45, 2.75) is 25.8 Å². The maximum atomic E-state index is 11.9. The molecule has 0 atom stereocenters. The fourth-order valence-electron chi connectivity index (χ4n) is 2.32. The van der Waals surface area contributed by atoms with Gasteiger partial charge in [0.15, 0.2) is 0 Å². The van der Waals surface area contributed by atoms with Gasteiger partial charge < -0.3 is 10.2 Å². The molecule has 0 saturated carbocycles. The Morgan fingerprint density at radius 2 is 2.20 bits per heavy atom. The first-order valence-electron chi connectivity index (χ1n) is 6.87. The molecule has 5 nitrogen and oxygen atoms in total. The third-order valence-corrected chi connectivity index (χ3v) is 4.16. The number of nitrogens with one attached hydrogen (secondary N) is 1. The Kier molecular flexibility index (Phi) is 5.62. The van der Waals surface area contributed by atoms with Crippen molar-refractivity contribution >= 4 is 21.6 Å². The molecule has 1 saturated heterocycles. The lowest BCUT2D eigenvalue weighted by atomic mass is 10.3. The highest BCUT2D eigenvalue weighted by atomic mass is 79.9. The minimum atomic E-state index is -0.201. The highest BCUT2D eigenvalue weighted by Crippen LogP contribution is 2.16. The number of nitrogens with zero attached hydrogens (tertiary/aromatic N) is 3. The van der Waals surface area contributed by atoms with Crippen molar-refractivity contribution in [3.63, 3.8) is 0 Å². The molecule has 2 rings (SSSR count). The minimum absolute atomic E-state index is 0.187. The van der Waals surface area contributed by atoms with Gasteiger partial charge in [0.25, 0.3) is 5.56 Å². The highest BCUT2D eigenvalue weighted by molar-refractivity contribution is 9.10. The lowest BCUT2D eigenvalue weighted by molar-refractivity contribution is 0.337. The summed E-state index contributed by atoms with van der Waals surface area (Å²) < 4.78 is 1.75. The Hall–Kier alpha value is -1.32. The molecule has 1 aromatic heterocycles. The summed E-state index contributed by atoms with van der Waals surface area (Å²) in [5.41, 5.74) is 0.525. The normalized spacial score (nSPS) is 15.2. The van der Waals surface area contributed by atoms with Crippen LogP contribution in [0.15, 0.2) is 15.5 Å². The van der Waals surface area contributed by atoms with Gasteiger partial charge in [-0.2, -0.15) is 5.10 Å². The molecular formula is C14H19BrN4O. The molecule has 0 bridgehead atoms. The first kappa shape index (κ1) is 15.1. The van der Waals surface area contributed by atoms with Gasteiger partial charge in [-0.15, -0.1) is 6.42 Å². The van der Waals surface area contributed by atoms with Crippen molar-refractivity contribution in [1.29, 1.82) is 0 Å². The average molecular weight is 339 g/mol. The molecular weight excluding hydrogens is 320 g/mol. The van der Waals surface area contributed by atoms with Crippen molar-refractivity contribution in [2.24, 2.45) is 0 Å². The quantitative estimate of drug-likeness (QED) is 0.631. The van der Waals surface area contributed by atoms with Crippen LogP contribution < -0.4 is 10.9 Å². The number of anilines is 1. The number of hydrogen-bond donors (Lipinski definition) is 1. The zero-order chi connectivity index (χ0) is 14.4. The number of rotatable bonds is 6. The molecule has 0 unspecified atom stereocenters. The fraction of sp³-hybridized carbons (Fsp3) is 0.571. The van der Waals surface area contributed by atoms with Gasteiger partial charge in [-0.05, 0) is 54.8 Å². The second-order valence-electron chi connectivity index (χ2n) is 4.87. The van der Waals surface area contributed by atoms with E-state index in [1.165, 1.54) is 30.6 Å². The van der Waals surface area contributed by atoms with Crippen LogP contribution in [-0.4, -0.2) is 40.9 Å². The van der Waals surface area contributed by atoms with Crippen molar-refractivity contribution in [3.8, 4) is 12.3 Å². The molecule has 1 aliphatic rings. The molecule has 1 aromatic rings. The van der Waals surface area contributed by atoms with Crippen LogP contribution in [0.5, 0.6) is 0 Å². The van der Waals surface area contributed by atoms with Crippen LogP contribution in [0.25, 0.3) is 0 Å². The monoisotopic (exact) mass is 338 g/mol. The van der Waals surface area contributed by atoms with E-state index in [1.54, 1.807) is 6.20 Å². The first-order chi connectivity index (χ1) is 9.72. The number of hydrogen-bond acceptors (Lipinski definition) is 4. The third-order valence-electron chi connectivity index (χ3n) is 3.39. The molecule has 2 heterocycles. The summed E-state index contributed by atoms with van der Waals surface area (Å²) in [6.07, 6.45) is 10.5.